The Balaban J connectivity index is 1.79. The third kappa shape index (κ3) is 2.51. The van der Waals surface area contributed by atoms with Gasteiger partial charge in [-0.1, -0.05) is 29.8 Å². The number of hydrogen-bond donors (Lipinski definition) is 0. The Hall–Kier alpha value is -2.20. The Kier molecular flexibility index (Phi) is 3.85. The molecule has 0 saturated heterocycles. The third-order valence-corrected chi connectivity index (χ3v) is 4.99. The van der Waals surface area contributed by atoms with Crippen molar-refractivity contribution in [1.82, 2.24) is 14.8 Å². The van der Waals surface area contributed by atoms with Crippen molar-refractivity contribution >= 4 is 22.4 Å². The summed E-state index contributed by atoms with van der Waals surface area (Å²) in [6, 6.07) is 10.5. The van der Waals surface area contributed by atoms with E-state index in [1.165, 1.54) is 21.9 Å². The summed E-state index contributed by atoms with van der Waals surface area (Å²) in [5.41, 5.74) is 3.53. The van der Waals surface area contributed by atoms with Gasteiger partial charge >= 0.3 is 0 Å². The molecule has 1 aromatic carbocycles. The second-order valence-electron chi connectivity index (χ2n) is 6.18. The van der Waals surface area contributed by atoms with Crippen LogP contribution in [0.5, 0.6) is 0 Å². The lowest BCUT2D eigenvalue weighted by Crippen LogP contribution is -2.26. The molecular weight excluding hydrogens is 320 g/mol. The average molecular weight is 339 g/mol. The first-order chi connectivity index (χ1) is 11.7. The summed E-state index contributed by atoms with van der Waals surface area (Å²) >= 11 is 6.24. The molecule has 3 aromatic rings. The first kappa shape index (κ1) is 15.3. The highest BCUT2D eigenvalue weighted by Gasteiger charge is 2.41. The molecule has 1 aliphatic rings. The topological polar surface area (TPSA) is 43.1 Å². The number of hydrogen-bond acceptors (Lipinski definition) is 3. The molecule has 24 heavy (non-hydrogen) atoms. The highest BCUT2D eigenvalue weighted by molar-refractivity contribution is 6.29. The highest BCUT2D eigenvalue weighted by atomic mass is 35.5. The van der Waals surface area contributed by atoms with Gasteiger partial charge in [-0.15, -0.1) is 0 Å². The van der Waals surface area contributed by atoms with Crippen molar-refractivity contribution in [3.63, 3.8) is 0 Å². The maximum atomic E-state index is 6.24. The van der Waals surface area contributed by atoms with Gasteiger partial charge < -0.3 is 0 Å². The molecule has 2 atom stereocenters. The lowest BCUT2D eigenvalue weighted by atomic mass is 10.00. The number of aryl methyl sites for hydroxylation is 1. The van der Waals surface area contributed by atoms with E-state index in [0.29, 0.717) is 17.0 Å². The number of aromatic nitrogens is 3. The molecule has 0 amide bonds. The van der Waals surface area contributed by atoms with Crippen LogP contribution in [0.4, 0.5) is 0 Å². The Morgan fingerprint density at radius 1 is 1.25 bits per heavy atom. The lowest BCUT2D eigenvalue weighted by Gasteiger charge is -2.10. The minimum absolute atomic E-state index is 0.445. The Morgan fingerprint density at radius 2 is 2.08 bits per heavy atom. The standard InChI is InChI=1S/C19H19ClN4/c1-3-24-19(21-2)17(10-18(20)23-24)16-9-15(16)14-6-4-5-12-11-22-8-7-13(12)14/h4-8,10-11,15-16H,3,9H2,1-2H3. The second-order valence-corrected chi connectivity index (χ2v) is 6.57. The van der Waals surface area contributed by atoms with Gasteiger partial charge in [0.1, 0.15) is 10.6 Å². The van der Waals surface area contributed by atoms with Gasteiger partial charge in [0, 0.05) is 36.9 Å². The van der Waals surface area contributed by atoms with E-state index in [4.69, 9.17) is 11.6 Å². The van der Waals surface area contributed by atoms with E-state index in [0.717, 1.165) is 18.5 Å². The lowest BCUT2D eigenvalue weighted by molar-refractivity contribution is 0.593. The molecule has 2 heterocycles. The van der Waals surface area contributed by atoms with E-state index >= 15 is 0 Å². The number of fused-ring (bicyclic) bond motifs is 1. The van der Waals surface area contributed by atoms with Crippen molar-refractivity contribution in [3.8, 4) is 0 Å². The molecule has 0 N–H and O–H groups in total. The maximum Gasteiger partial charge on any atom is 0.150 e. The fourth-order valence-electron chi connectivity index (χ4n) is 3.62. The number of rotatable bonds is 3. The minimum atomic E-state index is 0.445. The second kappa shape index (κ2) is 6.02. The quantitative estimate of drug-likeness (QED) is 0.726. The zero-order chi connectivity index (χ0) is 16.7. The van der Waals surface area contributed by atoms with Gasteiger partial charge in [-0.25, -0.2) is 4.68 Å². The van der Waals surface area contributed by atoms with Crippen molar-refractivity contribution in [2.75, 3.05) is 7.05 Å². The van der Waals surface area contributed by atoms with E-state index in [9.17, 15) is 0 Å². The molecule has 1 fully saturated rings. The average Bonchev–Trinajstić information content (AvgIpc) is 3.40. The van der Waals surface area contributed by atoms with Crippen LogP contribution in [0.2, 0.25) is 5.15 Å². The first-order valence-electron chi connectivity index (χ1n) is 8.26. The van der Waals surface area contributed by atoms with Crippen LogP contribution in [0.25, 0.3) is 10.8 Å². The van der Waals surface area contributed by atoms with Gasteiger partial charge in [-0.2, -0.15) is 5.10 Å². The monoisotopic (exact) mass is 338 g/mol. The highest BCUT2D eigenvalue weighted by Crippen LogP contribution is 2.55. The van der Waals surface area contributed by atoms with Gasteiger partial charge in [0.15, 0.2) is 0 Å². The van der Waals surface area contributed by atoms with Gasteiger partial charge in [0.05, 0.1) is 0 Å². The van der Waals surface area contributed by atoms with E-state index in [1.54, 1.807) is 0 Å². The SMILES string of the molecule is CCn1nc(Cl)cc(C2CC2c2cccc3cnccc23)c1=NC. The van der Waals surface area contributed by atoms with E-state index in [2.05, 4.69) is 46.3 Å². The minimum Gasteiger partial charge on any atom is -0.270 e. The summed E-state index contributed by atoms with van der Waals surface area (Å²) in [5.74, 6) is 0.945. The molecule has 1 aliphatic carbocycles. The van der Waals surface area contributed by atoms with Crippen LogP contribution in [0.15, 0.2) is 47.7 Å². The summed E-state index contributed by atoms with van der Waals surface area (Å²) in [7, 11) is 1.82. The molecule has 5 heteroatoms. The predicted molar refractivity (Wildman–Crippen MR) is 96.2 cm³/mol. The summed E-state index contributed by atoms with van der Waals surface area (Å²) in [6.07, 6.45) is 4.91. The molecule has 0 spiro atoms. The van der Waals surface area contributed by atoms with Gasteiger partial charge in [-0.3, -0.25) is 9.98 Å². The Labute approximate surface area is 145 Å². The van der Waals surface area contributed by atoms with Crippen molar-refractivity contribution in [2.45, 2.75) is 31.7 Å². The van der Waals surface area contributed by atoms with Gasteiger partial charge in [-0.05, 0) is 48.3 Å². The van der Waals surface area contributed by atoms with Crippen LogP contribution in [0.3, 0.4) is 0 Å². The van der Waals surface area contributed by atoms with Crippen molar-refractivity contribution in [3.05, 3.63) is 64.5 Å². The summed E-state index contributed by atoms with van der Waals surface area (Å²) in [4.78, 5) is 8.69. The molecule has 0 radical (unpaired) electrons. The molecule has 1 saturated carbocycles. The normalized spacial score (nSPS) is 20.5. The van der Waals surface area contributed by atoms with E-state index in [-0.39, 0.29) is 0 Å². The first-order valence-corrected chi connectivity index (χ1v) is 8.63. The zero-order valence-corrected chi connectivity index (χ0v) is 14.5. The zero-order valence-electron chi connectivity index (χ0n) is 13.8. The van der Waals surface area contributed by atoms with Gasteiger partial charge in [0.25, 0.3) is 0 Å². The van der Waals surface area contributed by atoms with Crippen molar-refractivity contribution < 1.29 is 0 Å². The number of pyridine rings is 1. The van der Waals surface area contributed by atoms with Crippen LogP contribution < -0.4 is 5.49 Å². The summed E-state index contributed by atoms with van der Waals surface area (Å²) in [6.45, 7) is 2.82. The molecular formula is C19H19ClN4. The maximum absolute atomic E-state index is 6.24. The number of halogens is 1. The molecule has 122 valence electrons. The van der Waals surface area contributed by atoms with Crippen LogP contribution in [0, 0.1) is 0 Å². The van der Waals surface area contributed by atoms with Crippen LogP contribution in [-0.4, -0.2) is 21.8 Å². The molecule has 4 nitrogen and oxygen atoms in total. The fourth-order valence-corrected chi connectivity index (χ4v) is 3.83. The Morgan fingerprint density at radius 3 is 2.88 bits per heavy atom. The van der Waals surface area contributed by atoms with E-state index in [1.807, 2.05) is 30.2 Å². The van der Waals surface area contributed by atoms with Crippen LogP contribution in [-0.2, 0) is 6.54 Å². The van der Waals surface area contributed by atoms with E-state index < -0.39 is 0 Å². The van der Waals surface area contributed by atoms with Crippen LogP contribution in [0.1, 0.15) is 36.3 Å². The largest absolute Gasteiger partial charge is 0.270 e. The van der Waals surface area contributed by atoms with Crippen LogP contribution >= 0.6 is 11.6 Å². The molecule has 4 rings (SSSR count). The fraction of sp³-hybridized carbons (Fsp3) is 0.316. The Bertz CT molecular complexity index is 971. The summed E-state index contributed by atoms with van der Waals surface area (Å²) in [5, 5.41) is 7.38. The predicted octanol–water partition coefficient (Wildman–Crippen LogP) is 3.91. The molecule has 0 bridgehead atoms. The summed E-state index contributed by atoms with van der Waals surface area (Å²) < 4.78 is 1.89. The number of benzene rings is 1. The van der Waals surface area contributed by atoms with Crippen molar-refractivity contribution in [1.29, 1.82) is 0 Å². The molecule has 0 aliphatic heterocycles. The smallest absolute Gasteiger partial charge is 0.150 e. The third-order valence-electron chi connectivity index (χ3n) is 4.81. The van der Waals surface area contributed by atoms with Crippen molar-refractivity contribution in [2.24, 2.45) is 4.99 Å². The molecule has 2 unspecified atom stereocenters. The molecule has 2 aromatic heterocycles. The number of nitrogens with zero attached hydrogens (tertiary/aromatic N) is 4. The van der Waals surface area contributed by atoms with Gasteiger partial charge in [0.2, 0.25) is 0 Å².